The lowest BCUT2D eigenvalue weighted by Gasteiger charge is -2.36. The van der Waals surface area contributed by atoms with E-state index in [-0.39, 0.29) is 12.1 Å². The zero-order valence-corrected chi connectivity index (χ0v) is 11.7. The van der Waals surface area contributed by atoms with Crippen LogP contribution >= 0.6 is 0 Å². The Labute approximate surface area is 121 Å². The second-order valence-electron chi connectivity index (χ2n) is 5.65. The molecule has 1 aromatic carbocycles. The number of likely N-dealkylation sites (tertiary alicyclic amines) is 1. The van der Waals surface area contributed by atoms with Crippen LogP contribution in [0.4, 0.5) is 10.1 Å². The first-order valence-electron chi connectivity index (χ1n) is 6.71. The third kappa shape index (κ3) is 3.18. The van der Waals surface area contributed by atoms with Crippen LogP contribution in [0.1, 0.15) is 25.3 Å². The van der Waals surface area contributed by atoms with Crippen molar-refractivity contribution in [2.45, 2.75) is 26.3 Å². The Bertz CT molecular complexity index is 568. The molecule has 1 aliphatic rings. The topological polar surface area (TPSA) is 83.7 Å². The van der Waals surface area contributed by atoms with Crippen LogP contribution in [0.15, 0.2) is 18.2 Å². The van der Waals surface area contributed by atoms with Crippen LogP contribution in [0.25, 0.3) is 0 Å². The number of carbonyl (C=O) groups is 1. The van der Waals surface area contributed by atoms with E-state index in [1.807, 2.05) is 4.90 Å². The van der Waals surface area contributed by atoms with Gasteiger partial charge in [-0.2, -0.15) is 4.39 Å². The summed E-state index contributed by atoms with van der Waals surface area (Å²) in [5.74, 6) is -1.63. The van der Waals surface area contributed by atoms with Crippen molar-refractivity contribution in [3.63, 3.8) is 0 Å². The highest BCUT2D eigenvalue weighted by Gasteiger charge is 2.37. The molecule has 0 atom stereocenters. The normalized spacial score (nSPS) is 18.4. The second-order valence-corrected chi connectivity index (χ2v) is 5.65. The summed E-state index contributed by atoms with van der Waals surface area (Å²) in [5, 5.41) is 19.9. The molecule has 1 aromatic rings. The largest absolute Gasteiger partial charge is 0.481 e. The van der Waals surface area contributed by atoms with Gasteiger partial charge in [-0.15, -0.1) is 0 Å². The van der Waals surface area contributed by atoms with Gasteiger partial charge < -0.3 is 5.11 Å². The average Bonchev–Trinajstić information content (AvgIpc) is 2.43. The van der Waals surface area contributed by atoms with Crippen LogP contribution in [0.5, 0.6) is 0 Å². The second kappa shape index (κ2) is 5.77. The monoisotopic (exact) mass is 296 g/mol. The van der Waals surface area contributed by atoms with Gasteiger partial charge in [-0.25, -0.2) is 0 Å². The van der Waals surface area contributed by atoms with Crippen LogP contribution in [0.2, 0.25) is 0 Å². The van der Waals surface area contributed by atoms with Crippen molar-refractivity contribution in [1.29, 1.82) is 0 Å². The summed E-state index contributed by atoms with van der Waals surface area (Å²) in [6.45, 7) is 3.03. The zero-order chi connectivity index (χ0) is 15.6. The fraction of sp³-hybridized carbons (Fsp3) is 0.500. The van der Waals surface area contributed by atoms with E-state index in [0.717, 1.165) is 6.07 Å². The lowest BCUT2D eigenvalue weighted by molar-refractivity contribution is -0.387. The molecule has 0 amide bonds. The van der Waals surface area contributed by atoms with E-state index in [1.54, 1.807) is 6.92 Å². The maximum absolute atomic E-state index is 14.0. The number of halogens is 1. The van der Waals surface area contributed by atoms with Gasteiger partial charge in [-0.3, -0.25) is 19.8 Å². The number of rotatable bonds is 4. The first kappa shape index (κ1) is 15.4. The number of nitro benzene ring substituents is 1. The van der Waals surface area contributed by atoms with E-state index in [4.69, 9.17) is 5.11 Å². The molecule has 1 aliphatic heterocycles. The molecule has 114 valence electrons. The molecule has 0 aromatic heterocycles. The fourth-order valence-corrected chi connectivity index (χ4v) is 2.49. The third-order valence-corrected chi connectivity index (χ3v) is 4.12. The number of nitrogens with zero attached hydrogens (tertiary/aromatic N) is 2. The van der Waals surface area contributed by atoms with E-state index in [1.165, 1.54) is 12.1 Å². The van der Waals surface area contributed by atoms with Gasteiger partial charge in [0.2, 0.25) is 5.82 Å². The molecule has 0 bridgehead atoms. The van der Waals surface area contributed by atoms with E-state index in [0.29, 0.717) is 25.9 Å². The number of piperidine rings is 1. The lowest BCUT2D eigenvalue weighted by atomic mass is 9.80. The smallest absolute Gasteiger partial charge is 0.309 e. The van der Waals surface area contributed by atoms with Gasteiger partial charge in [-0.1, -0.05) is 12.1 Å². The number of carboxylic acids is 1. The first-order chi connectivity index (χ1) is 9.83. The van der Waals surface area contributed by atoms with Crippen molar-refractivity contribution in [2.24, 2.45) is 5.41 Å². The molecule has 1 N–H and O–H groups in total. The third-order valence-electron chi connectivity index (χ3n) is 4.12. The number of benzene rings is 1. The van der Waals surface area contributed by atoms with E-state index >= 15 is 0 Å². The Balaban J connectivity index is 2.06. The number of hydrogen-bond acceptors (Lipinski definition) is 4. The molecule has 0 aliphatic carbocycles. The van der Waals surface area contributed by atoms with Gasteiger partial charge >= 0.3 is 11.7 Å². The van der Waals surface area contributed by atoms with Crippen molar-refractivity contribution in [3.05, 3.63) is 39.7 Å². The van der Waals surface area contributed by atoms with Gasteiger partial charge in [-0.05, 0) is 32.9 Å². The fourth-order valence-electron chi connectivity index (χ4n) is 2.49. The maximum Gasteiger partial charge on any atom is 0.309 e. The predicted octanol–water partition coefficient (Wildman–Crippen LogP) is 2.42. The molecule has 1 heterocycles. The summed E-state index contributed by atoms with van der Waals surface area (Å²) in [6, 6.07) is 4.12. The van der Waals surface area contributed by atoms with E-state index in [2.05, 4.69) is 0 Å². The standard InChI is InChI=1S/C14H17FN2O4/c1-14(13(18)19)5-7-16(8-6-14)9-10-3-2-4-11(12(10)15)17(20)21/h2-4H,5-9H2,1H3,(H,18,19). The number of nitro groups is 1. The van der Waals surface area contributed by atoms with Crippen molar-refractivity contribution in [1.82, 2.24) is 4.90 Å². The summed E-state index contributed by atoms with van der Waals surface area (Å²) < 4.78 is 14.0. The maximum atomic E-state index is 14.0. The molecule has 2 rings (SSSR count). The Morgan fingerprint density at radius 1 is 1.48 bits per heavy atom. The Morgan fingerprint density at radius 2 is 2.10 bits per heavy atom. The minimum atomic E-state index is -0.816. The molecule has 6 nitrogen and oxygen atoms in total. The van der Waals surface area contributed by atoms with Gasteiger partial charge in [0, 0.05) is 18.2 Å². The van der Waals surface area contributed by atoms with Crippen LogP contribution in [-0.2, 0) is 11.3 Å². The van der Waals surface area contributed by atoms with Crippen molar-refractivity contribution in [2.75, 3.05) is 13.1 Å². The first-order valence-corrected chi connectivity index (χ1v) is 6.71. The summed E-state index contributed by atoms with van der Waals surface area (Å²) >= 11 is 0. The molecule has 0 unspecified atom stereocenters. The van der Waals surface area contributed by atoms with Gasteiger partial charge in [0.05, 0.1) is 10.3 Å². The van der Waals surface area contributed by atoms with Crippen LogP contribution in [0, 0.1) is 21.3 Å². The Morgan fingerprint density at radius 3 is 2.62 bits per heavy atom. The molecule has 0 spiro atoms. The summed E-state index contributed by atoms with van der Waals surface area (Å²) in [6.07, 6.45) is 0.970. The molecule has 0 radical (unpaired) electrons. The molecule has 0 saturated carbocycles. The van der Waals surface area contributed by atoms with Gasteiger partial charge in [0.1, 0.15) is 0 Å². The van der Waals surface area contributed by atoms with Crippen molar-refractivity contribution >= 4 is 11.7 Å². The molecule has 21 heavy (non-hydrogen) atoms. The highest BCUT2D eigenvalue weighted by atomic mass is 19.1. The predicted molar refractivity (Wildman–Crippen MR) is 73.3 cm³/mol. The summed E-state index contributed by atoms with van der Waals surface area (Å²) in [5.41, 5.74) is -0.999. The number of hydrogen-bond donors (Lipinski definition) is 1. The highest BCUT2D eigenvalue weighted by Crippen LogP contribution is 2.32. The Kier molecular flexibility index (Phi) is 4.22. The molecular formula is C14H17FN2O4. The highest BCUT2D eigenvalue weighted by molar-refractivity contribution is 5.74. The zero-order valence-electron chi connectivity index (χ0n) is 11.7. The molecule has 7 heteroatoms. The van der Waals surface area contributed by atoms with Gasteiger partial charge in [0.25, 0.3) is 0 Å². The van der Waals surface area contributed by atoms with Crippen LogP contribution in [-0.4, -0.2) is 34.0 Å². The minimum Gasteiger partial charge on any atom is -0.481 e. The molecule has 1 saturated heterocycles. The van der Waals surface area contributed by atoms with Gasteiger partial charge in [0.15, 0.2) is 0 Å². The van der Waals surface area contributed by atoms with Crippen molar-refractivity contribution in [3.8, 4) is 0 Å². The SMILES string of the molecule is CC1(C(=O)O)CCN(Cc2cccc([N+](=O)[O-])c2F)CC1. The molecular weight excluding hydrogens is 279 g/mol. The Hall–Kier alpha value is -2.02. The molecule has 1 fully saturated rings. The van der Waals surface area contributed by atoms with E-state index < -0.39 is 27.8 Å². The van der Waals surface area contributed by atoms with Crippen molar-refractivity contribution < 1.29 is 19.2 Å². The number of aliphatic carboxylic acids is 1. The van der Waals surface area contributed by atoms with E-state index in [9.17, 15) is 19.3 Å². The summed E-state index contributed by atoms with van der Waals surface area (Å²) in [4.78, 5) is 23.1. The number of carboxylic acid groups (broad SMARTS) is 1. The van der Waals surface area contributed by atoms with Crippen LogP contribution in [0.3, 0.4) is 0 Å². The quantitative estimate of drug-likeness (QED) is 0.681. The van der Waals surface area contributed by atoms with Crippen LogP contribution < -0.4 is 0 Å². The minimum absolute atomic E-state index is 0.253. The summed E-state index contributed by atoms with van der Waals surface area (Å²) in [7, 11) is 0. The lowest BCUT2D eigenvalue weighted by Crippen LogP contribution is -2.42. The average molecular weight is 296 g/mol.